The van der Waals surface area contributed by atoms with Crippen molar-refractivity contribution in [2.75, 3.05) is 23.3 Å². The molecular weight excluding hydrogens is 588 g/mol. The number of imidazole rings is 1. The van der Waals surface area contributed by atoms with E-state index in [4.69, 9.17) is 22.3 Å². The van der Waals surface area contributed by atoms with Crippen LogP contribution in [0.2, 0.25) is 5.02 Å². The Labute approximate surface area is 256 Å². The van der Waals surface area contributed by atoms with Gasteiger partial charge in [0.05, 0.1) is 15.6 Å². The summed E-state index contributed by atoms with van der Waals surface area (Å²) in [6.45, 7) is 1.82. The van der Waals surface area contributed by atoms with Crippen LogP contribution in [0.5, 0.6) is 5.88 Å². The van der Waals surface area contributed by atoms with Gasteiger partial charge in [-0.2, -0.15) is 4.98 Å². The maximum absolute atomic E-state index is 13.0. The zero-order valence-electron chi connectivity index (χ0n) is 23.2. The number of rotatable bonds is 6. The first-order valence-electron chi connectivity index (χ1n) is 14.3. The number of pyridine rings is 1. The number of aliphatic hydroxyl groups is 1. The average molecular weight is 619 g/mol. The molecule has 0 bridgehead atoms. The molecule has 1 unspecified atom stereocenters. The lowest BCUT2D eigenvalue weighted by Crippen LogP contribution is -2.47. The Morgan fingerprint density at radius 2 is 1.91 bits per heavy atom. The molecule has 0 amide bonds. The van der Waals surface area contributed by atoms with Gasteiger partial charge in [-0.3, -0.25) is 13.6 Å². The molecule has 11 nitrogen and oxygen atoms in total. The summed E-state index contributed by atoms with van der Waals surface area (Å²) >= 11 is 8.19. The molecule has 13 heteroatoms. The van der Waals surface area contributed by atoms with Gasteiger partial charge < -0.3 is 26.2 Å². The fourth-order valence-corrected chi connectivity index (χ4v) is 7.72. The summed E-state index contributed by atoms with van der Waals surface area (Å²) in [5.74, 6) is 0.304. The van der Waals surface area contributed by atoms with Gasteiger partial charge in [0.15, 0.2) is 11.9 Å². The molecule has 2 atom stereocenters. The van der Waals surface area contributed by atoms with E-state index in [0.717, 1.165) is 48.8 Å². The number of aliphatic hydroxyl groups excluding tert-OH is 1. The normalized spacial score (nSPS) is 19.0. The second kappa shape index (κ2) is 11.0. The van der Waals surface area contributed by atoms with Gasteiger partial charge in [0.2, 0.25) is 11.8 Å². The van der Waals surface area contributed by atoms with Crippen LogP contribution in [0.25, 0.3) is 11.3 Å². The van der Waals surface area contributed by atoms with E-state index < -0.39 is 17.7 Å². The van der Waals surface area contributed by atoms with Crippen molar-refractivity contribution in [2.45, 2.75) is 54.2 Å². The standard InChI is InChI=1S/C30H31ClN8O3S/c31-24-18(35-26(40)23-27(41)36-22-8-1-2-13-38(22)28(23)42)5-3-6-19(24)43-20-17-34-29(39-16-12-33-25(20)39)37-14-10-30(11-15-37)9-4-7-21(30)32/h1-3,5-6,8,12-13,16-17,21,26,35,40-41H,4,7,9-11,14-15,32H2/t21-,26?/m1/s1. The number of benzene rings is 1. The first-order chi connectivity index (χ1) is 20.8. The Morgan fingerprint density at radius 1 is 1.07 bits per heavy atom. The zero-order chi connectivity index (χ0) is 29.7. The van der Waals surface area contributed by atoms with Crippen LogP contribution in [0.3, 0.4) is 0 Å². The van der Waals surface area contributed by atoms with Gasteiger partial charge in [-0.05, 0) is 55.4 Å². The summed E-state index contributed by atoms with van der Waals surface area (Å²) in [6, 6.07) is 10.6. The fourth-order valence-electron chi connectivity index (χ4n) is 6.50. The van der Waals surface area contributed by atoms with Crippen LogP contribution in [0.15, 0.2) is 75.8 Å². The van der Waals surface area contributed by atoms with E-state index in [2.05, 4.69) is 20.2 Å². The summed E-state index contributed by atoms with van der Waals surface area (Å²) in [6.07, 6.45) is 11.2. The van der Waals surface area contributed by atoms with E-state index in [0.29, 0.717) is 21.6 Å². The molecule has 1 saturated heterocycles. The number of hydrogen-bond donors (Lipinski definition) is 4. The SMILES string of the molecule is N[C@@H]1CCCC12CCN(c1ncc(Sc3cccc(NC(O)c4c(O)nc5ccccn5c4=O)c3Cl)c3nccn13)CC2. The Bertz CT molecular complexity index is 1890. The van der Waals surface area contributed by atoms with E-state index in [1.165, 1.54) is 35.2 Å². The highest BCUT2D eigenvalue weighted by Crippen LogP contribution is 2.46. The fraction of sp³-hybridized carbons (Fsp3) is 0.333. The van der Waals surface area contributed by atoms with Crippen molar-refractivity contribution in [3.05, 3.63) is 82.1 Å². The van der Waals surface area contributed by atoms with Crippen molar-refractivity contribution < 1.29 is 10.2 Å². The van der Waals surface area contributed by atoms with Crippen LogP contribution in [0.1, 0.15) is 43.9 Å². The van der Waals surface area contributed by atoms with Crippen LogP contribution in [0, 0.1) is 5.41 Å². The molecule has 1 aliphatic heterocycles. The number of nitrogens with zero attached hydrogens (tertiary/aromatic N) is 6. The Hall–Kier alpha value is -3.84. The molecule has 1 aromatic carbocycles. The first-order valence-corrected chi connectivity index (χ1v) is 15.5. The molecule has 5 aromatic rings. The van der Waals surface area contributed by atoms with Crippen LogP contribution in [-0.4, -0.2) is 53.1 Å². The maximum Gasteiger partial charge on any atom is 0.269 e. The highest BCUT2D eigenvalue weighted by Gasteiger charge is 2.43. The minimum absolute atomic E-state index is 0.265. The summed E-state index contributed by atoms with van der Waals surface area (Å²) < 4.78 is 3.27. The van der Waals surface area contributed by atoms with Crippen molar-refractivity contribution in [2.24, 2.45) is 11.1 Å². The van der Waals surface area contributed by atoms with E-state index in [-0.39, 0.29) is 16.6 Å². The third-order valence-electron chi connectivity index (χ3n) is 8.89. The smallest absolute Gasteiger partial charge is 0.269 e. The van der Waals surface area contributed by atoms with Crippen molar-refractivity contribution >= 4 is 46.3 Å². The number of aromatic hydroxyl groups is 1. The van der Waals surface area contributed by atoms with Gasteiger partial charge in [0.1, 0.15) is 11.2 Å². The van der Waals surface area contributed by atoms with Gasteiger partial charge in [0.25, 0.3) is 5.56 Å². The molecule has 1 aliphatic carbocycles. The number of hydrogen-bond acceptors (Lipinski definition) is 10. The number of piperidine rings is 1. The number of nitrogens with one attached hydrogen (secondary N) is 1. The average Bonchev–Trinajstić information content (AvgIpc) is 3.63. The second-order valence-electron chi connectivity index (χ2n) is 11.2. The van der Waals surface area contributed by atoms with Gasteiger partial charge in [0, 0.05) is 48.8 Å². The molecule has 5 N–H and O–H groups in total. The van der Waals surface area contributed by atoms with E-state index >= 15 is 0 Å². The summed E-state index contributed by atoms with van der Waals surface area (Å²) in [4.78, 5) is 30.3. The monoisotopic (exact) mass is 618 g/mol. The molecule has 1 spiro atoms. The second-order valence-corrected chi connectivity index (χ2v) is 12.7. The van der Waals surface area contributed by atoms with Crippen LogP contribution >= 0.6 is 23.4 Å². The topological polar surface area (TPSA) is 146 Å². The number of nitrogens with two attached hydrogens (primary N) is 1. The third kappa shape index (κ3) is 4.88. The lowest BCUT2D eigenvalue weighted by molar-refractivity contribution is 0.197. The summed E-state index contributed by atoms with van der Waals surface area (Å²) in [5.41, 5.74) is 7.31. The van der Waals surface area contributed by atoms with Crippen molar-refractivity contribution in [1.82, 2.24) is 23.8 Å². The molecule has 2 aliphatic rings. The molecule has 4 aromatic heterocycles. The van der Waals surface area contributed by atoms with Gasteiger partial charge in [-0.25, -0.2) is 9.97 Å². The highest BCUT2D eigenvalue weighted by atomic mass is 35.5. The quantitative estimate of drug-likeness (QED) is 0.201. The summed E-state index contributed by atoms with van der Waals surface area (Å²) in [7, 11) is 0. The van der Waals surface area contributed by atoms with Crippen molar-refractivity contribution in [1.29, 1.82) is 0 Å². The first kappa shape index (κ1) is 28.0. The molecule has 7 rings (SSSR count). The third-order valence-corrected chi connectivity index (χ3v) is 10.5. The zero-order valence-corrected chi connectivity index (χ0v) is 24.8. The minimum Gasteiger partial charge on any atom is -0.493 e. The van der Waals surface area contributed by atoms with Crippen LogP contribution < -0.4 is 21.5 Å². The van der Waals surface area contributed by atoms with Gasteiger partial charge in [-0.15, -0.1) is 0 Å². The molecular formula is C30H31ClN8O3S. The molecule has 1 saturated carbocycles. The lowest BCUT2D eigenvalue weighted by Gasteiger charge is -2.42. The van der Waals surface area contributed by atoms with Crippen molar-refractivity contribution in [3.8, 4) is 5.88 Å². The molecule has 2 fully saturated rings. The summed E-state index contributed by atoms with van der Waals surface area (Å²) in [5, 5.41) is 24.5. The number of halogens is 1. The molecule has 43 heavy (non-hydrogen) atoms. The Morgan fingerprint density at radius 3 is 2.70 bits per heavy atom. The molecule has 222 valence electrons. The van der Waals surface area contributed by atoms with E-state index in [1.54, 1.807) is 36.5 Å². The van der Waals surface area contributed by atoms with Crippen LogP contribution in [-0.2, 0) is 0 Å². The minimum atomic E-state index is -1.56. The van der Waals surface area contributed by atoms with Crippen molar-refractivity contribution in [3.63, 3.8) is 0 Å². The lowest BCUT2D eigenvalue weighted by atomic mass is 9.74. The van der Waals surface area contributed by atoms with Crippen LogP contribution in [0.4, 0.5) is 11.6 Å². The van der Waals surface area contributed by atoms with E-state index in [1.807, 2.05) is 22.9 Å². The number of aromatic nitrogens is 5. The molecule has 5 heterocycles. The Balaban J connectivity index is 1.12. The Kier molecular flexibility index (Phi) is 7.16. The van der Waals surface area contributed by atoms with E-state index in [9.17, 15) is 15.0 Å². The number of fused-ring (bicyclic) bond motifs is 2. The predicted octanol–water partition coefficient (Wildman–Crippen LogP) is 4.45. The number of anilines is 2. The highest BCUT2D eigenvalue weighted by molar-refractivity contribution is 7.99. The largest absolute Gasteiger partial charge is 0.493 e. The van der Waals surface area contributed by atoms with Gasteiger partial charge >= 0.3 is 0 Å². The maximum atomic E-state index is 13.0. The predicted molar refractivity (Wildman–Crippen MR) is 166 cm³/mol. The molecule has 0 radical (unpaired) electrons. The van der Waals surface area contributed by atoms with Gasteiger partial charge in [-0.1, -0.05) is 41.9 Å².